The Morgan fingerprint density at radius 2 is 1.73 bits per heavy atom. The molecule has 8 rings (SSSR count). The van der Waals surface area contributed by atoms with Crippen LogP contribution in [-0.4, -0.2) is 64.2 Å². The van der Waals surface area contributed by atoms with Crippen LogP contribution in [0, 0.1) is 36.0 Å². The van der Waals surface area contributed by atoms with Crippen LogP contribution < -0.4 is 14.4 Å². The van der Waals surface area contributed by atoms with Crippen molar-refractivity contribution in [1.29, 1.82) is 0 Å². The van der Waals surface area contributed by atoms with Crippen molar-refractivity contribution in [3.05, 3.63) is 64.2 Å². The zero-order valence-electron chi connectivity index (χ0n) is 29.0. The second kappa shape index (κ2) is 11.7. The predicted octanol–water partition coefficient (Wildman–Crippen LogP) is 6.24. The summed E-state index contributed by atoms with van der Waals surface area (Å²) >= 11 is 7.87. The Kier molecular flexibility index (Phi) is 7.66. The van der Waals surface area contributed by atoms with Gasteiger partial charge in [0.15, 0.2) is 0 Å². The molecule has 11 nitrogen and oxygen atoms in total. The van der Waals surface area contributed by atoms with Crippen molar-refractivity contribution in [3.8, 4) is 27.8 Å². The fourth-order valence-electron chi connectivity index (χ4n) is 9.34. The molecule has 2 aromatic carbocycles. The lowest BCUT2D eigenvalue weighted by Gasteiger charge is -2.49. The molecule has 2 aromatic heterocycles. The number of nitrogens with zero attached hydrogens (tertiary/aromatic N) is 4. The Morgan fingerprint density at radius 3 is 2.39 bits per heavy atom. The molecular weight excluding hydrogens is 692 g/mol. The van der Waals surface area contributed by atoms with Crippen molar-refractivity contribution >= 4 is 62.5 Å². The van der Waals surface area contributed by atoms with Gasteiger partial charge >= 0.3 is 0 Å². The molecule has 1 saturated carbocycles. The Balaban J connectivity index is 1.30. The highest BCUT2D eigenvalue weighted by atomic mass is 35.5. The fourth-order valence-corrected chi connectivity index (χ4v) is 10.7. The van der Waals surface area contributed by atoms with E-state index in [0.717, 1.165) is 26.1 Å². The molecule has 2 aliphatic carbocycles. The number of methoxy groups -OCH3 is 2. The molecule has 0 bridgehead atoms. The van der Waals surface area contributed by atoms with E-state index in [1.54, 1.807) is 43.0 Å². The number of allylic oxidation sites excluding steroid dienone is 2. The first-order valence-electron chi connectivity index (χ1n) is 17.0. The van der Waals surface area contributed by atoms with E-state index in [0.29, 0.717) is 28.5 Å². The number of aromatic hydroxyl groups is 1. The molecular formula is C38H37ClN4O7S. The molecule has 6 atom stereocenters. The van der Waals surface area contributed by atoms with Gasteiger partial charge in [0.2, 0.25) is 23.6 Å². The first kappa shape index (κ1) is 33.5. The number of hydrogen-bond acceptors (Lipinski definition) is 9. The number of halogens is 1. The second-order valence-corrected chi connectivity index (χ2v) is 15.5. The predicted molar refractivity (Wildman–Crippen MR) is 192 cm³/mol. The van der Waals surface area contributed by atoms with Gasteiger partial charge < -0.3 is 14.6 Å². The highest BCUT2D eigenvalue weighted by Crippen LogP contribution is 2.65. The van der Waals surface area contributed by atoms with E-state index in [2.05, 4.69) is 0 Å². The minimum absolute atomic E-state index is 0.0916. The Hall–Kier alpha value is -4.68. The SMILES string of the molecule is CCN1C(=O)C2CC=C3C(CC4C(=O)N(c5cc(-c6sc7ccc(Cl)cc7c6C)nn5C)C(=O)C4(C)C3c3c(OC)cc(O)cc3OC)C2C1=O. The second-order valence-electron chi connectivity index (χ2n) is 14.1. The summed E-state index contributed by atoms with van der Waals surface area (Å²) in [6, 6.07) is 10.4. The van der Waals surface area contributed by atoms with Crippen LogP contribution in [0.25, 0.3) is 20.7 Å². The number of likely N-dealkylation sites (tertiary alicyclic amines) is 1. The van der Waals surface area contributed by atoms with E-state index in [1.165, 1.54) is 36.2 Å². The van der Waals surface area contributed by atoms with Crippen LogP contribution in [-0.2, 0) is 26.2 Å². The number of carbonyl (C=O) groups is 4. The first-order chi connectivity index (χ1) is 24.3. The molecule has 0 radical (unpaired) electrons. The number of fused-ring (bicyclic) bond motifs is 5. The monoisotopic (exact) mass is 728 g/mol. The number of ether oxygens (including phenoxy) is 2. The molecule has 0 spiro atoms. The van der Waals surface area contributed by atoms with Gasteiger partial charge in [-0.25, -0.2) is 4.90 Å². The van der Waals surface area contributed by atoms with Gasteiger partial charge in [-0.05, 0) is 68.7 Å². The molecule has 4 aromatic rings. The van der Waals surface area contributed by atoms with Crippen LogP contribution in [0.4, 0.5) is 5.82 Å². The number of thiophene rings is 1. The molecule has 13 heteroatoms. The molecule has 264 valence electrons. The van der Waals surface area contributed by atoms with E-state index in [1.807, 2.05) is 31.2 Å². The highest BCUT2D eigenvalue weighted by Gasteiger charge is 2.68. The molecule has 4 amide bonds. The number of aryl methyl sites for hydroxylation is 2. The Labute approximate surface area is 303 Å². The summed E-state index contributed by atoms with van der Waals surface area (Å²) < 4.78 is 14.2. The van der Waals surface area contributed by atoms with E-state index in [-0.39, 0.29) is 42.0 Å². The summed E-state index contributed by atoms with van der Waals surface area (Å²) in [5.41, 5.74) is 1.56. The summed E-state index contributed by atoms with van der Waals surface area (Å²) in [6.07, 6.45) is 2.52. The van der Waals surface area contributed by atoms with E-state index < -0.39 is 46.8 Å². The van der Waals surface area contributed by atoms with Gasteiger partial charge in [0.25, 0.3) is 0 Å². The van der Waals surface area contributed by atoms with Crippen molar-refractivity contribution in [2.24, 2.45) is 36.1 Å². The summed E-state index contributed by atoms with van der Waals surface area (Å²) in [5.74, 6) is -3.80. The molecule has 1 N–H and O–H groups in total. The van der Waals surface area contributed by atoms with Gasteiger partial charge in [0.1, 0.15) is 28.8 Å². The van der Waals surface area contributed by atoms with Crippen LogP contribution in [0.2, 0.25) is 5.02 Å². The lowest BCUT2D eigenvalue weighted by Crippen LogP contribution is -2.49. The van der Waals surface area contributed by atoms with Gasteiger partial charge in [0, 0.05) is 53.0 Å². The average molecular weight is 729 g/mol. The zero-order valence-corrected chi connectivity index (χ0v) is 30.6. The van der Waals surface area contributed by atoms with Gasteiger partial charge in [-0.2, -0.15) is 5.10 Å². The third-order valence-corrected chi connectivity index (χ3v) is 13.2. The third-order valence-electron chi connectivity index (χ3n) is 11.7. The first-order valence-corrected chi connectivity index (χ1v) is 18.2. The maximum atomic E-state index is 15.1. The average Bonchev–Trinajstić information content (AvgIpc) is 3.78. The number of phenols is 1. The van der Waals surface area contributed by atoms with Gasteiger partial charge in [-0.15, -0.1) is 11.3 Å². The molecule has 3 fully saturated rings. The number of anilines is 1. The van der Waals surface area contributed by atoms with Crippen LogP contribution in [0.15, 0.2) is 48.0 Å². The normalized spacial score (nSPS) is 27.2. The van der Waals surface area contributed by atoms with Gasteiger partial charge in [-0.3, -0.25) is 28.8 Å². The number of amides is 4. The maximum absolute atomic E-state index is 15.1. The minimum Gasteiger partial charge on any atom is -0.508 e. The number of carbonyl (C=O) groups excluding carboxylic acids is 4. The zero-order chi connectivity index (χ0) is 36.3. The van der Waals surface area contributed by atoms with Crippen LogP contribution in [0.5, 0.6) is 17.2 Å². The van der Waals surface area contributed by atoms with E-state index >= 15 is 4.79 Å². The summed E-state index contributed by atoms with van der Waals surface area (Å²) in [6.45, 7) is 5.84. The summed E-state index contributed by atoms with van der Waals surface area (Å²) in [7, 11) is 4.65. The molecule has 6 unspecified atom stereocenters. The Morgan fingerprint density at radius 1 is 1.02 bits per heavy atom. The smallest absolute Gasteiger partial charge is 0.242 e. The van der Waals surface area contributed by atoms with E-state index in [4.69, 9.17) is 26.2 Å². The molecule has 2 saturated heterocycles. The Bertz CT molecular complexity index is 2220. The largest absolute Gasteiger partial charge is 0.508 e. The number of imide groups is 2. The van der Waals surface area contributed by atoms with Crippen LogP contribution >= 0.6 is 22.9 Å². The van der Waals surface area contributed by atoms with Gasteiger partial charge in [0.05, 0.1) is 42.3 Å². The van der Waals surface area contributed by atoms with Gasteiger partial charge in [-0.1, -0.05) is 23.3 Å². The molecule has 4 heterocycles. The van der Waals surface area contributed by atoms with Crippen LogP contribution in [0.3, 0.4) is 0 Å². The lowest BCUT2D eigenvalue weighted by molar-refractivity contribution is -0.140. The third kappa shape index (κ3) is 4.51. The summed E-state index contributed by atoms with van der Waals surface area (Å²) in [4.78, 5) is 60.7. The quantitative estimate of drug-likeness (QED) is 0.183. The van der Waals surface area contributed by atoms with Crippen LogP contribution in [0.1, 0.15) is 43.7 Å². The number of phenolic OH excluding ortho intramolecular Hbond substituents is 1. The maximum Gasteiger partial charge on any atom is 0.242 e. The van der Waals surface area contributed by atoms with E-state index in [9.17, 15) is 19.5 Å². The van der Waals surface area contributed by atoms with Crippen molar-refractivity contribution < 1.29 is 33.8 Å². The summed E-state index contributed by atoms with van der Waals surface area (Å²) in [5, 5.41) is 17.0. The van der Waals surface area contributed by atoms with Crippen molar-refractivity contribution in [1.82, 2.24) is 14.7 Å². The van der Waals surface area contributed by atoms with Crippen molar-refractivity contribution in [3.63, 3.8) is 0 Å². The van der Waals surface area contributed by atoms with Crippen molar-refractivity contribution in [2.75, 3.05) is 25.7 Å². The standard InChI is InChI=1S/C38H37ClN4O7S/c1-7-42-34(45)21-10-9-20-23(30(21)36(42)47)15-24-35(46)43(37(48)38(24,3)32(20)31-26(49-5)13-19(44)14-27(31)50-6)29-16-25(40-41(29)4)33-17(2)22-12-18(39)8-11-28(22)51-33/h8-9,11-14,16,21,23-24,30,32,44H,7,10,15H2,1-6H3. The minimum atomic E-state index is -1.35. The topological polar surface area (TPSA) is 131 Å². The van der Waals surface area contributed by atoms with Crippen molar-refractivity contribution in [2.45, 2.75) is 39.5 Å². The fraction of sp³-hybridized carbons (Fsp3) is 0.395. The molecule has 51 heavy (non-hydrogen) atoms. The number of benzene rings is 2. The number of rotatable bonds is 6. The number of aromatic nitrogens is 2. The molecule has 2 aliphatic heterocycles. The highest BCUT2D eigenvalue weighted by molar-refractivity contribution is 7.22. The molecule has 4 aliphatic rings. The number of hydrogen-bond donors (Lipinski definition) is 1. The lowest BCUT2D eigenvalue weighted by atomic mass is 9.51.